The van der Waals surface area contributed by atoms with Gasteiger partial charge in [-0.15, -0.1) is 0 Å². The molecule has 184 valence electrons. The van der Waals surface area contributed by atoms with Crippen molar-refractivity contribution in [3.05, 3.63) is 71.5 Å². The molecule has 0 aliphatic carbocycles. The quantitative estimate of drug-likeness (QED) is 0.386. The monoisotopic (exact) mass is 513 g/mol. The van der Waals surface area contributed by atoms with Gasteiger partial charge in [0.05, 0.1) is 11.5 Å². The van der Waals surface area contributed by atoms with Crippen molar-refractivity contribution in [3.8, 4) is 5.75 Å². The van der Waals surface area contributed by atoms with Crippen molar-refractivity contribution >= 4 is 44.9 Å². The van der Waals surface area contributed by atoms with E-state index in [4.69, 9.17) is 17.0 Å². The Kier molecular flexibility index (Phi) is 8.36. The zero-order valence-electron chi connectivity index (χ0n) is 19.8. The zero-order chi connectivity index (χ0) is 25.6. The summed E-state index contributed by atoms with van der Waals surface area (Å²) >= 11 is 5.21. The van der Waals surface area contributed by atoms with E-state index in [0.29, 0.717) is 40.9 Å². The highest BCUT2D eigenvalue weighted by Crippen LogP contribution is 2.17. The molecule has 0 spiro atoms. The molecule has 3 N–H and O–H groups in total. The second kappa shape index (κ2) is 11.2. The van der Waals surface area contributed by atoms with Gasteiger partial charge in [-0.1, -0.05) is 13.8 Å². The maximum absolute atomic E-state index is 12.7. The van der Waals surface area contributed by atoms with Crippen molar-refractivity contribution in [2.75, 3.05) is 16.6 Å². The van der Waals surface area contributed by atoms with Crippen LogP contribution in [0.1, 0.15) is 35.6 Å². The Balaban J connectivity index is 1.57. The van der Waals surface area contributed by atoms with Gasteiger partial charge in [-0.2, -0.15) is 0 Å². The van der Waals surface area contributed by atoms with Gasteiger partial charge in [0.15, 0.2) is 5.11 Å². The first kappa shape index (κ1) is 26.0. The standard InChI is InChI=1S/C24H27N5O4S2/c1-15(2)14-33-20-9-5-18(6-10-20)22(30)28-24(34)27-19-7-11-21(12-8-19)35(31,32)29-23-25-16(3)13-17(4)26-23/h5-13,15H,14H2,1-4H3,(H,25,26,29)(H2,27,28,30,34). The number of benzene rings is 2. The Morgan fingerprint density at radius 1 is 1.00 bits per heavy atom. The molecule has 1 amide bonds. The summed E-state index contributed by atoms with van der Waals surface area (Å²) in [5.74, 6) is 0.714. The number of aromatic nitrogens is 2. The summed E-state index contributed by atoms with van der Waals surface area (Å²) in [6.45, 7) is 8.22. The topological polar surface area (TPSA) is 122 Å². The van der Waals surface area contributed by atoms with Crippen LogP contribution in [-0.2, 0) is 10.0 Å². The van der Waals surface area contributed by atoms with E-state index < -0.39 is 10.0 Å². The molecule has 0 aliphatic heterocycles. The highest BCUT2D eigenvalue weighted by Gasteiger charge is 2.16. The SMILES string of the molecule is Cc1cc(C)nc(NS(=O)(=O)c2ccc(NC(=S)NC(=O)c3ccc(OCC(C)C)cc3)cc2)n1. The van der Waals surface area contributed by atoms with Crippen LogP contribution in [0, 0.1) is 19.8 Å². The number of sulfonamides is 1. The molecule has 0 aliphatic rings. The van der Waals surface area contributed by atoms with Crippen LogP contribution in [0.5, 0.6) is 5.75 Å². The molecule has 0 unspecified atom stereocenters. The molecule has 9 nitrogen and oxygen atoms in total. The van der Waals surface area contributed by atoms with Gasteiger partial charge in [0.25, 0.3) is 15.9 Å². The Hall–Kier alpha value is -3.57. The fourth-order valence-corrected chi connectivity index (χ4v) is 4.13. The third kappa shape index (κ3) is 7.72. The maximum atomic E-state index is 12.7. The van der Waals surface area contributed by atoms with Gasteiger partial charge in [-0.25, -0.2) is 23.1 Å². The number of hydrogen-bond acceptors (Lipinski definition) is 7. The number of rotatable bonds is 8. The van der Waals surface area contributed by atoms with Crippen LogP contribution in [0.4, 0.5) is 11.6 Å². The fraction of sp³-hybridized carbons (Fsp3) is 0.250. The number of carbonyl (C=O) groups is 1. The van der Waals surface area contributed by atoms with E-state index in [9.17, 15) is 13.2 Å². The van der Waals surface area contributed by atoms with Crippen molar-refractivity contribution in [1.82, 2.24) is 15.3 Å². The molecular weight excluding hydrogens is 486 g/mol. The maximum Gasteiger partial charge on any atom is 0.264 e. The summed E-state index contributed by atoms with van der Waals surface area (Å²) < 4.78 is 33.3. The Morgan fingerprint density at radius 2 is 1.60 bits per heavy atom. The molecule has 1 heterocycles. The van der Waals surface area contributed by atoms with Gasteiger partial charge in [-0.05, 0) is 86.6 Å². The zero-order valence-corrected chi connectivity index (χ0v) is 21.5. The van der Waals surface area contributed by atoms with Crippen LogP contribution < -0.4 is 20.1 Å². The molecule has 2 aromatic carbocycles. The van der Waals surface area contributed by atoms with E-state index in [-0.39, 0.29) is 21.9 Å². The van der Waals surface area contributed by atoms with E-state index in [0.717, 1.165) is 0 Å². The average Bonchev–Trinajstić information content (AvgIpc) is 2.77. The number of aryl methyl sites for hydroxylation is 2. The molecule has 3 rings (SSSR count). The lowest BCUT2D eigenvalue weighted by Gasteiger charge is -2.12. The predicted molar refractivity (Wildman–Crippen MR) is 139 cm³/mol. The van der Waals surface area contributed by atoms with Gasteiger partial charge >= 0.3 is 0 Å². The normalized spacial score (nSPS) is 11.1. The van der Waals surface area contributed by atoms with Crippen LogP contribution >= 0.6 is 12.2 Å². The molecule has 0 atom stereocenters. The summed E-state index contributed by atoms with van der Waals surface area (Å²) in [5, 5.41) is 5.54. The summed E-state index contributed by atoms with van der Waals surface area (Å²) in [6, 6.07) is 14.4. The first-order chi connectivity index (χ1) is 16.5. The molecule has 0 saturated carbocycles. The number of anilines is 2. The minimum absolute atomic E-state index is 0.00751. The lowest BCUT2D eigenvalue weighted by molar-refractivity contribution is 0.0977. The average molecular weight is 514 g/mol. The number of amides is 1. The first-order valence-corrected chi connectivity index (χ1v) is 12.7. The van der Waals surface area contributed by atoms with Crippen molar-refractivity contribution in [3.63, 3.8) is 0 Å². The van der Waals surface area contributed by atoms with Gasteiger partial charge in [0, 0.05) is 22.6 Å². The smallest absolute Gasteiger partial charge is 0.264 e. The molecule has 0 fully saturated rings. The van der Waals surface area contributed by atoms with Crippen molar-refractivity contribution in [2.24, 2.45) is 5.92 Å². The summed E-state index contributed by atoms with van der Waals surface area (Å²) in [6.07, 6.45) is 0. The van der Waals surface area contributed by atoms with Crippen LogP contribution in [0.2, 0.25) is 0 Å². The van der Waals surface area contributed by atoms with E-state index >= 15 is 0 Å². The summed E-state index contributed by atoms with van der Waals surface area (Å²) in [5.41, 5.74) is 2.24. The van der Waals surface area contributed by atoms with E-state index in [2.05, 4.69) is 39.2 Å². The van der Waals surface area contributed by atoms with Crippen LogP contribution in [0.15, 0.2) is 59.5 Å². The van der Waals surface area contributed by atoms with Crippen LogP contribution in [0.25, 0.3) is 0 Å². The Bertz CT molecular complexity index is 1290. The molecule has 3 aromatic rings. The number of thiocarbonyl (C=S) groups is 1. The van der Waals surface area contributed by atoms with Crippen molar-refractivity contribution < 1.29 is 17.9 Å². The van der Waals surface area contributed by atoms with Gasteiger partial charge in [0.1, 0.15) is 5.75 Å². The largest absolute Gasteiger partial charge is 0.493 e. The number of carbonyl (C=O) groups excluding carboxylic acids is 1. The minimum atomic E-state index is -3.88. The Morgan fingerprint density at radius 3 is 2.17 bits per heavy atom. The number of ether oxygens (including phenoxy) is 1. The van der Waals surface area contributed by atoms with Gasteiger partial charge in [-0.3, -0.25) is 10.1 Å². The van der Waals surface area contributed by atoms with E-state index in [1.54, 1.807) is 44.2 Å². The van der Waals surface area contributed by atoms with E-state index in [1.807, 2.05) is 0 Å². The van der Waals surface area contributed by atoms with E-state index in [1.165, 1.54) is 24.3 Å². The lowest BCUT2D eigenvalue weighted by Crippen LogP contribution is -2.34. The number of nitrogens with one attached hydrogen (secondary N) is 3. The van der Waals surface area contributed by atoms with Gasteiger partial charge < -0.3 is 10.1 Å². The van der Waals surface area contributed by atoms with Crippen LogP contribution in [-0.4, -0.2) is 36.0 Å². The second-order valence-corrected chi connectivity index (χ2v) is 10.3. The molecular formula is C24H27N5O4S2. The van der Waals surface area contributed by atoms with Gasteiger partial charge in [0.2, 0.25) is 5.95 Å². The highest BCUT2D eigenvalue weighted by molar-refractivity contribution is 7.92. The lowest BCUT2D eigenvalue weighted by atomic mass is 10.2. The number of hydrogen-bond donors (Lipinski definition) is 3. The number of nitrogens with zero attached hydrogens (tertiary/aromatic N) is 2. The third-order valence-electron chi connectivity index (χ3n) is 4.56. The summed E-state index contributed by atoms with van der Waals surface area (Å²) in [7, 11) is -3.88. The Labute approximate surface area is 210 Å². The molecule has 0 bridgehead atoms. The molecule has 0 saturated heterocycles. The van der Waals surface area contributed by atoms with Crippen LogP contribution in [0.3, 0.4) is 0 Å². The molecule has 11 heteroatoms. The molecule has 35 heavy (non-hydrogen) atoms. The fourth-order valence-electron chi connectivity index (χ4n) is 2.97. The highest BCUT2D eigenvalue weighted by atomic mass is 32.2. The third-order valence-corrected chi connectivity index (χ3v) is 6.11. The predicted octanol–water partition coefficient (Wildman–Crippen LogP) is 4.06. The second-order valence-electron chi connectivity index (χ2n) is 8.24. The minimum Gasteiger partial charge on any atom is -0.493 e. The first-order valence-electron chi connectivity index (χ1n) is 10.8. The molecule has 0 radical (unpaired) electrons. The van der Waals surface area contributed by atoms with Crippen molar-refractivity contribution in [2.45, 2.75) is 32.6 Å². The van der Waals surface area contributed by atoms with Crippen molar-refractivity contribution in [1.29, 1.82) is 0 Å². The molecule has 1 aromatic heterocycles. The summed E-state index contributed by atoms with van der Waals surface area (Å²) in [4.78, 5) is 20.7.